The molecule has 1 unspecified atom stereocenters. The average Bonchev–Trinajstić information content (AvgIpc) is 2.60. The zero-order chi connectivity index (χ0) is 13.9. The maximum Gasteiger partial charge on any atom is 0.317 e. The molecule has 0 saturated carbocycles. The molecule has 0 saturated heterocycles. The zero-order valence-electron chi connectivity index (χ0n) is 11.9. The Morgan fingerprint density at radius 3 is 2.44 bits per heavy atom. The summed E-state index contributed by atoms with van der Waals surface area (Å²) in [5, 5.41) is 13.4. The van der Waals surface area contributed by atoms with E-state index in [0.717, 1.165) is 23.5 Å². The number of hydrogen-bond donors (Lipinski definition) is 1. The summed E-state index contributed by atoms with van der Waals surface area (Å²) in [5.74, 6) is -0.790. The molecule has 0 fully saturated rings. The minimum atomic E-state index is -0.790. The van der Waals surface area contributed by atoms with E-state index >= 15 is 0 Å². The van der Waals surface area contributed by atoms with Crippen molar-refractivity contribution in [1.82, 2.24) is 14.7 Å². The van der Waals surface area contributed by atoms with Gasteiger partial charge < -0.3 is 5.11 Å². The Morgan fingerprint density at radius 1 is 1.44 bits per heavy atom. The topological polar surface area (TPSA) is 58.4 Å². The van der Waals surface area contributed by atoms with Gasteiger partial charge in [0, 0.05) is 23.8 Å². The second kappa shape index (κ2) is 6.00. The lowest BCUT2D eigenvalue weighted by Crippen LogP contribution is -2.32. The van der Waals surface area contributed by atoms with Gasteiger partial charge in [-0.2, -0.15) is 5.10 Å². The molecule has 0 aliphatic heterocycles. The molecule has 18 heavy (non-hydrogen) atoms. The van der Waals surface area contributed by atoms with Crippen molar-refractivity contribution in [3.05, 3.63) is 17.0 Å². The highest BCUT2D eigenvalue weighted by Gasteiger charge is 2.23. The smallest absolute Gasteiger partial charge is 0.317 e. The lowest BCUT2D eigenvalue weighted by atomic mass is 10.0. The quantitative estimate of drug-likeness (QED) is 0.842. The van der Waals surface area contributed by atoms with Crippen molar-refractivity contribution in [3.8, 4) is 0 Å². The molecule has 102 valence electrons. The summed E-state index contributed by atoms with van der Waals surface area (Å²) in [6.45, 7) is 11.7. The molecule has 1 aromatic rings. The second-order valence-corrected chi connectivity index (χ2v) is 4.53. The minimum Gasteiger partial charge on any atom is -0.480 e. The maximum absolute atomic E-state index is 10.9. The Kier molecular flexibility index (Phi) is 4.90. The molecule has 0 bridgehead atoms. The summed E-state index contributed by atoms with van der Waals surface area (Å²) >= 11 is 0. The molecule has 0 aliphatic rings. The molecule has 0 aromatic carbocycles. The predicted molar refractivity (Wildman–Crippen MR) is 70.7 cm³/mol. The maximum atomic E-state index is 10.9. The van der Waals surface area contributed by atoms with E-state index in [-0.39, 0.29) is 12.6 Å². The largest absolute Gasteiger partial charge is 0.480 e. The van der Waals surface area contributed by atoms with Crippen molar-refractivity contribution in [2.24, 2.45) is 0 Å². The van der Waals surface area contributed by atoms with Crippen molar-refractivity contribution in [2.75, 3.05) is 13.1 Å². The van der Waals surface area contributed by atoms with Gasteiger partial charge in [-0.3, -0.25) is 14.4 Å². The van der Waals surface area contributed by atoms with Crippen LogP contribution >= 0.6 is 0 Å². The third-order valence-corrected chi connectivity index (χ3v) is 3.45. The molecule has 1 atom stereocenters. The van der Waals surface area contributed by atoms with Gasteiger partial charge in [0.25, 0.3) is 0 Å². The number of nitrogens with zero attached hydrogens (tertiary/aromatic N) is 3. The highest BCUT2D eigenvalue weighted by molar-refractivity contribution is 5.69. The first-order valence-electron chi connectivity index (χ1n) is 6.42. The number of aliphatic carboxylic acids is 1. The highest BCUT2D eigenvalue weighted by Crippen LogP contribution is 2.26. The Balaban J connectivity index is 3.04. The van der Waals surface area contributed by atoms with Gasteiger partial charge in [0.2, 0.25) is 0 Å². The number of likely N-dealkylation sites (N-methyl/N-ethyl adjacent to an activating group) is 1. The summed E-state index contributed by atoms with van der Waals surface area (Å²) in [7, 11) is 0. The Morgan fingerprint density at radius 2 is 2.06 bits per heavy atom. The van der Waals surface area contributed by atoms with Crippen LogP contribution in [0.1, 0.15) is 43.8 Å². The van der Waals surface area contributed by atoms with Crippen LogP contribution in [0, 0.1) is 13.8 Å². The number of hydrogen-bond acceptors (Lipinski definition) is 3. The van der Waals surface area contributed by atoms with Crippen molar-refractivity contribution in [2.45, 2.75) is 47.2 Å². The highest BCUT2D eigenvalue weighted by atomic mass is 16.4. The molecule has 0 spiro atoms. The second-order valence-electron chi connectivity index (χ2n) is 4.53. The van der Waals surface area contributed by atoms with Gasteiger partial charge in [0.05, 0.1) is 12.2 Å². The molecule has 1 N–H and O–H groups in total. The van der Waals surface area contributed by atoms with Crippen molar-refractivity contribution in [3.63, 3.8) is 0 Å². The van der Waals surface area contributed by atoms with E-state index in [1.807, 2.05) is 37.3 Å². The summed E-state index contributed by atoms with van der Waals surface area (Å²) in [5.41, 5.74) is 3.27. The van der Waals surface area contributed by atoms with Crippen molar-refractivity contribution < 1.29 is 9.90 Å². The number of carboxylic acid groups (broad SMARTS) is 1. The van der Waals surface area contributed by atoms with Crippen LogP contribution in [-0.2, 0) is 11.3 Å². The number of aryl methyl sites for hydroxylation is 2. The van der Waals surface area contributed by atoms with Gasteiger partial charge in [-0.05, 0) is 34.2 Å². The Hall–Kier alpha value is -1.36. The zero-order valence-corrected chi connectivity index (χ0v) is 11.9. The number of aromatic nitrogens is 2. The molecule has 5 nitrogen and oxygen atoms in total. The van der Waals surface area contributed by atoms with E-state index in [2.05, 4.69) is 12.0 Å². The van der Waals surface area contributed by atoms with Gasteiger partial charge in [-0.15, -0.1) is 0 Å². The summed E-state index contributed by atoms with van der Waals surface area (Å²) in [6, 6.07) is 0.0754. The molecular weight excluding hydrogens is 230 g/mol. The van der Waals surface area contributed by atoms with E-state index in [0.29, 0.717) is 6.54 Å². The third kappa shape index (κ3) is 2.90. The van der Waals surface area contributed by atoms with E-state index in [1.54, 1.807) is 0 Å². The Labute approximate surface area is 108 Å². The third-order valence-electron chi connectivity index (χ3n) is 3.45. The van der Waals surface area contributed by atoms with Gasteiger partial charge >= 0.3 is 5.97 Å². The number of carboxylic acids is 1. The van der Waals surface area contributed by atoms with Gasteiger partial charge in [0.1, 0.15) is 0 Å². The van der Waals surface area contributed by atoms with Crippen LogP contribution in [0.25, 0.3) is 0 Å². The van der Waals surface area contributed by atoms with Crippen LogP contribution < -0.4 is 0 Å². The van der Waals surface area contributed by atoms with Crippen molar-refractivity contribution >= 4 is 5.97 Å². The molecule has 1 aromatic heterocycles. The van der Waals surface area contributed by atoms with E-state index in [4.69, 9.17) is 5.11 Å². The number of carbonyl (C=O) groups is 1. The van der Waals surface area contributed by atoms with Crippen LogP contribution in [0.4, 0.5) is 0 Å². The van der Waals surface area contributed by atoms with Gasteiger partial charge in [-0.1, -0.05) is 6.92 Å². The Bertz CT molecular complexity index is 426. The lowest BCUT2D eigenvalue weighted by molar-refractivity contribution is -0.138. The average molecular weight is 253 g/mol. The molecule has 0 aliphatic carbocycles. The molecule has 0 radical (unpaired) electrons. The van der Waals surface area contributed by atoms with Crippen LogP contribution in [0.3, 0.4) is 0 Å². The fourth-order valence-electron chi connectivity index (χ4n) is 2.50. The van der Waals surface area contributed by atoms with E-state index < -0.39 is 5.97 Å². The fraction of sp³-hybridized carbons (Fsp3) is 0.692. The number of rotatable bonds is 6. The van der Waals surface area contributed by atoms with Crippen molar-refractivity contribution in [1.29, 1.82) is 0 Å². The van der Waals surface area contributed by atoms with Gasteiger partial charge in [0.15, 0.2) is 0 Å². The monoisotopic (exact) mass is 253 g/mol. The first-order chi connectivity index (χ1) is 8.42. The lowest BCUT2D eigenvalue weighted by Gasteiger charge is -2.26. The summed E-state index contributed by atoms with van der Waals surface area (Å²) in [6.07, 6.45) is 0. The first kappa shape index (κ1) is 14.7. The molecule has 1 heterocycles. The van der Waals surface area contributed by atoms with Gasteiger partial charge in [-0.25, -0.2) is 0 Å². The fourth-order valence-corrected chi connectivity index (χ4v) is 2.50. The molecular formula is C13H23N3O2. The standard InChI is InChI=1S/C13H23N3O2/c1-6-15(8-12(17)18)10(4)13-9(3)14-16(7-2)11(13)5/h10H,6-8H2,1-5H3,(H,17,18). The predicted octanol–water partition coefficient (Wildman–Crippen LogP) is 1.99. The summed E-state index contributed by atoms with van der Waals surface area (Å²) < 4.78 is 1.97. The van der Waals surface area contributed by atoms with Crippen LogP contribution in [0.2, 0.25) is 0 Å². The summed E-state index contributed by atoms with van der Waals surface area (Å²) in [4.78, 5) is 12.8. The molecule has 1 rings (SSSR count). The van der Waals surface area contributed by atoms with Crippen LogP contribution in [0.15, 0.2) is 0 Å². The van der Waals surface area contributed by atoms with Crippen LogP contribution in [-0.4, -0.2) is 38.8 Å². The molecule has 0 amide bonds. The first-order valence-corrected chi connectivity index (χ1v) is 6.42. The van der Waals surface area contributed by atoms with E-state index in [9.17, 15) is 4.79 Å². The van der Waals surface area contributed by atoms with E-state index in [1.165, 1.54) is 0 Å². The SMILES string of the molecule is CCN(CC(=O)O)C(C)c1c(C)nn(CC)c1C. The molecule has 5 heteroatoms. The van der Waals surface area contributed by atoms with Crippen LogP contribution in [0.5, 0.6) is 0 Å². The normalized spacial score (nSPS) is 13.0. The minimum absolute atomic E-state index is 0.0633.